The molecule has 0 unspecified atom stereocenters. The van der Waals surface area contributed by atoms with Crippen LogP contribution in [0.4, 0.5) is 10.1 Å². The molecule has 0 atom stereocenters. The lowest BCUT2D eigenvalue weighted by molar-refractivity contribution is 0.0690. The Balaban J connectivity index is 2.55. The van der Waals surface area contributed by atoms with Crippen LogP contribution in [0.15, 0.2) is 35.6 Å². The van der Waals surface area contributed by atoms with Gasteiger partial charge >= 0.3 is 5.97 Å². The number of hydrogen-bond acceptors (Lipinski definition) is 3. The molecular weight excluding hydrogens is 241 g/mol. The van der Waals surface area contributed by atoms with Crippen LogP contribution in [-0.2, 0) is 0 Å². The van der Waals surface area contributed by atoms with E-state index in [-0.39, 0.29) is 11.4 Å². The lowest BCUT2D eigenvalue weighted by Gasteiger charge is -2.04. The number of carboxylic acid groups (broad SMARTS) is 1. The second-order valence-electron chi connectivity index (χ2n) is 3.27. The van der Waals surface area contributed by atoms with Crippen LogP contribution in [0.1, 0.15) is 10.5 Å². The van der Waals surface area contributed by atoms with E-state index in [2.05, 4.69) is 15.1 Å². The van der Waals surface area contributed by atoms with E-state index in [1.54, 1.807) is 0 Å². The maximum atomic E-state index is 13.0. The Bertz CT molecular complexity index is 660. The predicted molar refractivity (Wildman–Crippen MR) is 59.3 cm³/mol. The molecule has 7 nitrogen and oxygen atoms in total. The Morgan fingerprint density at radius 3 is 2.89 bits per heavy atom. The smallest absolute Gasteiger partial charge is 0.356 e. The quantitative estimate of drug-likeness (QED) is 0.512. The summed E-state index contributed by atoms with van der Waals surface area (Å²) in [5.74, 6) is -1.74. The molecule has 0 radical (unpaired) electrons. The van der Waals surface area contributed by atoms with E-state index >= 15 is 0 Å². The zero-order chi connectivity index (χ0) is 13.1. The van der Waals surface area contributed by atoms with Crippen LogP contribution in [0.2, 0.25) is 0 Å². The first-order valence-corrected chi connectivity index (χ1v) is 4.76. The van der Waals surface area contributed by atoms with Gasteiger partial charge in [-0.15, -0.1) is 0 Å². The molecule has 2 rings (SSSR count). The summed E-state index contributed by atoms with van der Waals surface area (Å²) in [4.78, 5) is 13.3. The molecule has 0 fully saturated rings. The minimum Gasteiger partial charge on any atom is -0.476 e. The summed E-state index contributed by atoms with van der Waals surface area (Å²) in [6.07, 6.45) is 1.38. The lowest BCUT2D eigenvalue weighted by atomic mass is 10.2. The fraction of sp³-hybridized carbons (Fsp3) is 0. The van der Waals surface area contributed by atoms with Crippen molar-refractivity contribution < 1.29 is 14.3 Å². The average Bonchev–Trinajstić information content (AvgIpc) is 2.79. The minimum atomic E-state index is -1.18. The molecule has 0 amide bonds. The number of benzene rings is 1. The number of azide groups is 1. The van der Waals surface area contributed by atoms with E-state index in [1.807, 2.05) is 0 Å². The van der Waals surface area contributed by atoms with E-state index in [4.69, 9.17) is 10.6 Å². The molecule has 0 aliphatic carbocycles. The van der Waals surface area contributed by atoms with Gasteiger partial charge in [-0.3, -0.25) is 0 Å². The maximum absolute atomic E-state index is 13.0. The topological polar surface area (TPSA) is 104 Å². The van der Waals surface area contributed by atoms with Gasteiger partial charge in [0.25, 0.3) is 0 Å². The summed E-state index contributed by atoms with van der Waals surface area (Å²) >= 11 is 0. The third kappa shape index (κ3) is 2.13. The van der Waals surface area contributed by atoms with Crippen molar-refractivity contribution >= 4 is 11.7 Å². The second kappa shape index (κ2) is 4.56. The number of aromatic carboxylic acids is 1. The Morgan fingerprint density at radius 2 is 2.28 bits per heavy atom. The molecule has 0 aliphatic rings. The third-order valence-electron chi connectivity index (χ3n) is 2.14. The normalized spacial score (nSPS) is 9.83. The molecule has 18 heavy (non-hydrogen) atoms. The largest absolute Gasteiger partial charge is 0.476 e. The first kappa shape index (κ1) is 11.6. The van der Waals surface area contributed by atoms with Gasteiger partial charge in [-0.05, 0) is 29.8 Å². The minimum absolute atomic E-state index is 0.0255. The molecule has 2 aromatic rings. The van der Waals surface area contributed by atoms with Crippen molar-refractivity contribution in [1.82, 2.24) is 9.78 Å². The van der Waals surface area contributed by atoms with E-state index in [1.165, 1.54) is 23.0 Å². The van der Waals surface area contributed by atoms with Crippen molar-refractivity contribution in [3.8, 4) is 5.69 Å². The number of aromatic nitrogens is 2. The number of rotatable bonds is 3. The van der Waals surface area contributed by atoms with E-state index in [9.17, 15) is 9.18 Å². The fourth-order valence-corrected chi connectivity index (χ4v) is 1.39. The first-order chi connectivity index (χ1) is 8.61. The van der Waals surface area contributed by atoms with E-state index in [0.29, 0.717) is 5.69 Å². The van der Waals surface area contributed by atoms with E-state index < -0.39 is 11.8 Å². The highest BCUT2D eigenvalue weighted by Crippen LogP contribution is 2.24. The summed E-state index contributed by atoms with van der Waals surface area (Å²) in [7, 11) is 0. The summed E-state index contributed by atoms with van der Waals surface area (Å²) in [6.45, 7) is 0. The highest BCUT2D eigenvalue weighted by molar-refractivity contribution is 5.85. The number of carboxylic acids is 1. The summed E-state index contributed by atoms with van der Waals surface area (Å²) in [6, 6.07) is 4.83. The van der Waals surface area contributed by atoms with Gasteiger partial charge in [-0.25, -0.2) is 13.9 Å². The van der Waals surface area contributed by atoms with Crippen LogP contribution >= 0.6 is 0 Å². The molecule has 0 spiro atoms. The van der Waals surface area contributed by atoms with Crippen molar-refractivity contribution in [3.63, 3.8) is 0 Å². The molecule has 1 N–H and O–H groups in total. The number of halogens is 1. The summed E-state index contributed by atoms with van der Waals surface area (Å²) < 4.78 is 14.2. The van der Waals surface area contributed by atoms with Crippen LogP contribution in [0.25, 0.3) is 16.1 Å². The molecule has 1 aromatic heterocycles. The van der Waals surface area contributed by atoms with Gasteiger partial charge in [0.05, 0.1) is 11.4 Å². The SMILES string of the molecule is [N-]=[N+]=Nc1cc(F)ccc1-n1ccc(C(=O)O)n1. The zero-order valence-electron chi connectivity index (χ0n) is 8.86. The molecule has 90 valence electrons. The van der Waals surface area contributed by atoms with Crippen molar-refractivity contribution in [2.45, 2.75) is 0 Å². The van der Waals surface area contributed by atoms with Crippen LogP contribution in [0.5, 0.6) is 0 Å². The van der Waals surface area contributed by atoms with Crippen LogP contribution in [-0.4, -0.2) is 20.9 Å². The molecule has 0 bridgehead atoms. The van der Waals surface area contributed by atoms with Crippen molar-refractivity contribution in [3.05, 3.63) is 52.4 Å². The molecule has 1 aromatic carbocycles. The van der Waals surface area contributed by atoms with Gasteiger partial charge in [-0.2, -0.15) is 5.10 Å². The Labute approximate surface area is 99.7 Å². The average molecular weight is 247 g/mol. The van der Waals surface area contributed by atoms with Gasteiger partial charge in [0.1, 0.15) is 5.82 Å². The molecule has 8 heteroatoms. The molecule has 0 aliphatic heterocycles. The molecule has 0 saturated heterocycles. The van der Waals surface area contributed by atoms with Gasteiger partial charge in [-0.1, -0.05) is 5.11 Å². The number of hydrogen-bond donors (Lipinski definition) is 1. The highest BCUT2D eigenvalue weighted by atomic mass is 19.1. The summed E-state index contributed by atoms with van der Waals surface area (Å²) in [5, 5.41) is 15.8. The molecule has 0 saturated carbocycles. The monoisotopic (exact) mass is 247 g/mol. The Hall–Kier alpha value is -2.86. The third-order valence-corrected chi connectivity index (χ3v) is 2.14. The van der Waals surface area contributed by atoms with Gasteiger partial charge in [0, 0.05) is 11.1 Å². The standard InChI is InChI=1S/C10H6FN5O2/c11-6-1-2-9(8(5-6)13-15-12)16-4-3-7(14-16)10(17)18/h1-5H,(H,17,18). The van der Waals surface area contributed by atoms with Gasteiger partial charge < -0.3 is 5.11 Å². The number of carbonyl (C=O) groups is 1. The van der Waals surface area contributed by atoms with E-state index in [0.717, 1.165) is 12.1 Å². The first-order valence-electron chi connectivity index (χ1n) is 4.76. The van der Waals surface area contributed by atoms with Crippen molar-refractivity contribution in [2.24, 2.45) is 5.11 Å². The second-order valence-corrected chi connectivity index (χ2v) is 3.27. The zero-order valence-corrected chi connectivity index (χ0v) is 8.86. The van der Waals surface area contributed by atoms with Gasteiger partial charge in [0.15, 0.2) is 5.69 Å². The van der Waals surface area contributed by atoms with Crippen molar-refractivity contribution in [1.29, 1.82) is 0 Å². The maximum Gasteiger partial charge on any atom is 0.356 e. The molecule has 1 heterocycles. The summed E-state index contributed by atoms with van der Waals surface area (Å²) in [5.41, 5.74) is 8.55. The highest BCUT2D eigenvalue weighted by Gasteiger charge is 2.10. The Morgan fingerprint density at radius 1 is 1.50 bits per heavy atom. The Kier molecular flexibility index (Phi) is 2.94. The van der Waals surface area contributed by atoms with Crippen LogP contribution in [0, 0.1) is 5.82 Å². The van der Waals surface area contributed by atoms with Gasteiger partial charge in [0.2, 0.25) is 0 Å². The van der Waals surface area contributed by atoms with Crippen molar-refractivity contribution in [2.75, 3.05) is 0 Å². The lowest BCUT2D eigenvalue weighted by Crippen LogP contribution is -2.01. The fourth-order valence-electron chi connectivity index (χ4n) is 1.39. The predicted octanol–water partition coefficient (Wildman–Crippen LogP) is 2.65. The molecular formula is C10H6FN5O2. The number of nitrogens with zero attached hydrogens (tertiary/aromatic N) is 5. The van der Waals surface area contributed by atoms with Crippen LogP contribution in [0.3, 0.4) is 0 Å². The van der Waals surface area contributed by atoms with Crippen LogP contribution < -0.4 is 0 Å².